The van der Waals surface area contributed by atoms with E-state index in [1.165, 1.54) is 5.56 Å². The van der Waals surface area contributed by atoms with Crippen LogP contribution < -0.4 is 0 Å². The normalized spacial score (nSPS) is 17.3. The van der Waals surface area contributed by atoms with E-state index < -0.39 is 5.97 Å². The molecule has 1 aliphatic rings. The molecule has 4 nitrogen and oxygen atoms in total. The maximum atomic E-state index is 10.6. The second kappa shape index (κ2) is 7.07. The number of benzene rings is 1. The van der Waals surface area contributed by atoms with Crippen molar-refractivity contribution in [2.45, 2.75) is 19.9 Å². The molecule has 1 aromatic rings. The number of halogens is 1. The zero-order valence-corrected chi connectivity index (χ0v) is 12.6. The van der Waals surface area contributed by atoms with Crippen LogP contribution in [0.5, 0.6) is 0 Å². The molecule has 1 aliphatic heterocycles. The zero-order chi connectivity index (χ0) is 14.5. The highest BCUT2D eigenvalue weighted by molar-refractivity contribution is 6.31. The van der Waals surface area contributed by atoms with Gasteiger partial charge in [0.25, 0.3) is 0 Å². The second-order valence-electron chi connectivity index (χ2n) is 5.35. The van der Waals surface area contributed by atoms with E-state index in [2.05, 4.69) is 21.9 Å². The van der Waals surface area contributed by atoms with Crippen LogP contribution in [0, 0.1) is 6.92 Å². The predicted octanol–water partition coefficient (Wildman–Crippen LogP) is 2.24. The maximum Gasteiger partial charge on any atom is 0.304 e. The third-order valence-electron chi connectivity index (χ3n) is 3.75. The third-order valence-corrected chi connectivity index (χ3v) is 4.16. The standard InChI is InChI=1S/C15H21ClN2O2/c1-12-2-3-13(10-14(12)16)11-18-8-6-17(7-9-18)5-4-15(19)20/h2-3,10H,4-9,11H2,1H3,(H,19,20). The van der Waals surface area contributed by atoms with Crippen molar-refractivity contribution in [3.63, 3.8) is 0 Å². The molecule has 1 heterocycles. The first-order chi connectivity index (χ1) is 9.54. The minimum atomic E-state index is -0.721. The summed E-state index contributed by atoms with van der Waals surface area (Å²) in [7, 11) is 0. The minimum Gasteiger partial charge on any atom is -0.481 e. The van der Waals surface area contributed by atoms with Crippen molar-refractivity contribution in [3.8, 4) is 0 Å². The first-order valence-electron chi connectivity index (χ1n) is 6.96. The maximum absolute atomic E-state index is 10.6. The van der Waals surface area contributed by atoms with Crippen LogP contribution in [0.4, 0.5) is 0 Å². The third kappa shape index (κ3) is 4.47. The van der Waals surface area contributed by atoms with Gasteiger partial charge in [0.1, 0.15) is 0 Å². The molecular formula is C15H21ClN2O2. The van der Waals surface area contributed by atoms with Gasteiger partial charge in [0.15, 0.2) is 0 Å². The highest BCUT2D eigenvalue weighted by Crippen LogP contribution is 2.18. The molecule has 1 aromatic carbocycles. The molecule has 0 bridgehead atoms. The van der Waals surface area contributed by atoms with Crippen molar-refractivity contribution < 1.29 is 9.90 Å². The summed E-state index contributed by atoms with van der Waals surface area (Å²) in [5.41, 5.74) is 2.34. The lowest BCUT2D eigenvalue weighted by Crippen LogP contribution is -2.46. The van der Waals surface area contributed by atoms with Crippen molar-refractivity contribution in [1.29, 1.82) is 0 Å². The molecule has 1 saturated heterocycles. The molecule has 5 heteroatoms. The quantitative estimate of drug-likeness (QED) is 0.905. The topological polar surface area (TPSA) is 43.8 Å². The second-order valence-corrected chi connectivity index (χ2v) is 5.75. The molecule has 20 heavy (non-hydrogen) atoms. The number of piperazine rings is 1. The Hall–Kier alpha value is -1.10. The van der Waals surface area contributed by atoms with E-state index >= 15 is 0 Å². The van der Waals surface area contributed by atoms with Crippen LogP contribution in [0.15, 0.2) is 18.2 Å². The highest BCUT2D eigenvalue weighted by atomic mass is 35.5. The molecule has 1 fully saturated rings. The van der Waals surface area contributed by atoms with Crippen molar-refractivity contribution in [2.75, 3.05) is 32.7 Å². The SMILES string of the molecule is Cc1ccc(CN2CCN(CCC(=O)O)CC2)cc1Cl. The van der Waals surface area contributed by atoms with Crippen molar-refractivity contribution >= 4 is 17.6 Å². The number of carboxylic acids is 1. The van der Waals surface area contributed by atoms with E-state index in [1.54, 1.807) is 0 Å². The lowest BCUT2D eigenvalue weighted by molar-refractivity contribution is -0.137. The summed E-state index contributed by atoms with van der Waals surface area (Å²) in [6, 6.07) is 6.21. The smallest absolute Gasteiger partial charge is 0.304 e. The number of rotatable bonds is 5. The van der Waals surface area contributed by atoms with Gasteiger partial charge >= 0.3 is 5.97 Å². The summed E-state index contributed by atoms with van der Waals surface area (Å²) in [5, 5.41) is 9.51. The van der Waals surface area contributed by atoms with E-state index in [4.69, 9.17) is 16.7 Å². The Balaban J connectivity index is 1.79. The number of aryl methyl sites for hydroxylation is 1. The number of carbonyl (C=O) groups is 1. The van der Waals surface area contributed by atoms with Crippen LogP contribution in [-0.2, 0) is 11.3 Å². The van der Waals surface area contributed by atoms with Gasteiger partial charge in [-0.1, -0.05) is 23.7 Å². The van der Waals surface area contributed by atoms with Gasteiger partial charge in [0, 0.05) is 44.3 Å². The average Bonchev–Trinajstić information content (AvgIpc) is 2.42. The summed E-state index contributed by atoms with van der Waals surface area (Å²) in [6.07, 6.45) is 0.230. The van der Waals surface area contributed by atoms with Crippen molar-refractivity contribution in [3.05, 3.63) is 34.3 Å². The van der Waals surface area contributed by atoms with E-state index in [0.717, 1.165) is 43.3 Å². The summed E-state index contributed by atoms with van der Waals surface area (Å²) < 4.78 is 0. The monoisotopic (exact) mass is 296 g/mol. The number of carboxylic acid groups (broad SMARTS) is 1. The van der Waals surface area contributed by atoms with Crippen LogP contribution in [0.3, 0.4) is 0 Å². The number of aliphatic carboxylic acids is 1. The fourth-order valence-corrected chi connectivity index (χ4v) is 2.62. The van der Waals surface area contributed by atoms with Crippen LogP contribution in [0.1, 0.15) is 17.5 Å². The summed E-state index contributed by atoms with van der Waals surface area (Å²) in [6.45, 7) is 7.40. The van der Waals surface area contributed by atoms with E-state index in [-0.39, 0.29) is 6.42 Å². The molecule has 0 aliphatic carbocycles. The lowest BCUT2D eigenvalue weighted by atomic mass is 10.1. The van der Waals surface area contributed by atoms with Gasteiger partial charge in [0.05, 0.1) is 6.42 Å². The largest absolute Gasteiger partial charge is 0.481 e. The first kappa shape index (κ1) is 15.3. The van der Waals surface area contributed by atoms with Crippen LogP contribution >= 0.6 is 11.6 Å². The van der Waals surface area contributed by atoms with Gasteiger partial charge in [0.2, 0.25) is 0 Å². The fourth-order valence-electron chi connectivity index (χ4n) is 2.42. The van der Waals surface area contributed by atoms with Gasteiger partial charge in [-0.05, 0) is 24.1 Å². The highest BCUT2D eigenvalue weighted by Gasteiger charge is 2.17. The number of nitrogens with zero attached hydrogens (tertiary/aromatic N) is 2. The molecule has 0 spiro atoms. The number of hydrogen-bond acceptors (Lipinski definition) is 3. The van der Waals surface area contributed by atoms with Gasteiger partial charge < -0.3 is 10.0 Å². The van der Waals surface area contributed by atoms with Crippen molar-refractivity contribution in [2.24, 2.45) is 0 Å². The average molecular weight is 297 g/mol. The molecule has 0 atom stereocenters. The van der Waals surface area contributed by atoms with Crippen LogP contribution in [0.2, 0.25) is 5.02 Å². The molecule has 0 aromatic heterocycles. The van der Waals surface area contributed by atoms with E-state index in [1.807, 2.05) is 13.0 Å². The van der Waals surface area contributed by atoms with Crippen LogP contribution in [-0.4, -0.2) is 53.6 Å². The minimum absolute atomic E-state index is 0.230. The summed E-state index contributed by atoms with van der Waals surface area (Å²) >= 11 is 6.14. The fraction of sp³-hybridized carbons (Fsp3) is 0.533. The molecule has 0 radical (unpaired) electrons. The van der Waals surface area contributed by atoms with Crippen molar-refractivity contribution in [1.82, 2.24) is 9.80 Å². The Bertz CT molecular complexity index is 471. The summed E-state index contributed by atoms with van der Waals surface area (Å²) in [5.74, 6) is -0.721. The Morgan fingerprint density at radius 3 is 2.50 bits per heavy atom. The predicted molar refractivity (Wildman–Crippen MR) is 80.2 cm³/mol. The zero-order valence-electron chi connectivity index (χ0n) is 11.8. The lowest BCUT2D eigenvalue weighted by Gasteiger charge is -2.34. The summed E-state index contributed by atoms with van der Waals surface area (Å²) in [4.78, 5) is 15.2. The molecule has 2 rings (SSSR count). The molecular weight excluding hydrogens is 276 g/mol. The Morgan fingerprint density at radius 1 is 1.25 bits per heavy atom. The molecule has 110 valence electrons. The molecule has 0 saturated carbocycles. The first-order valence-corrected chi connectivity index (χ1v) is 7.34. The molecule has 0 unspecified atom stereocenters. The Labute approximate surface area is 124 Å². The van der Waals surface area contributed by atoms with Gasteiger partial charge in [-0.25, -0.2) is 0 Å². The van der Waals surface area contributed by atoms with Gasteiger partial charge in [-0.15, -0.1) is 0 Å². The van der Waals surface area contributed by atoms with E-state index in [0.29, 0.717) is 6.54 Å². The number of hydrogen-bond donors (Lipinski definition) is 1. The van der Waals surface area contributed by atoms with E-state index in [9.17, 15) is 4.79 Å². The van der Waals surface area contributed by atoms with Gasteiger partial charge in [-0.2, -0.15) is 0 Å². The van der Waals surface area contributed by atoms with Crippen LogP contribution in [0.25, 0.3) is 0 Å². The molecule has 1 N–H and O–H groups in total. The Morgan fingerprint density at radius 2 is 1.90 bits per heavy atom. The van der Waals surface area contributed by atoms with Gasteiger partial charge in [-0.3, -0.25) is 9.69 Å². The molecule has 0 amide bonds. The Kier molecular flexibility index (Phi) is 5.40.